The number of carbonyl (C=O) groups is 1. The zero-order valence-corrected chi connectivity index (χ0v) is 21.9. The second-order valence-corrected chi connectivity index (χ2v) is 10.0. The van der Waals surface area contributed by atoms with Crippen LogP contribution < -0.4 is 10.1 Å². The maximum atomic E-state index is 12.9. The van der Waals surface area contributed by atoms with Gasteiger partial charge in [0.25, 0.3) is 5.91 Å². The second kappa shape index (κ2) is 10.7. The smallest absolute Gasteiger partial charge is 0.416 e. The quantitative estimate of drug-likeness (QED) is 0.173. The molecule has 190 valence electrons. The van der Waals surface area contributed by atoms with Gasteiger partial charge in [-0.25, -0.2) is 4.99 Å². The van der Waals surface area contributed by atoms with Gasteiger partial charge in [-0.1, -0.05) is 29.3 Å². The molecule has 0 radical (unpaired) electrons. The topological polar surface area (TPSA) is 93.8 Å². The number of hydrogen-bond acceptors (Lipinski definition) is 6. The molecule has 1 amide bonds. The van der Waals surface area contributed by atoms with Crippen LogP contribution in [0.3, 0.4) is 0 Å². The number of benzene rings is 3. The van der Waals surface area contributed by atoms with Crippen LogP contribution in [-0.2, 0) is 11.0 Å². The Morgan fingerprint density at radius 2 is 1.78 bits per heavy atom. The highest BCUT2D eigenvalue weighted by Gasteiger charge is 2.33. The Kier molecular flexibility index (Phi) is 7.83. The van der Waals surface area contributed by atoms with E-state index in [-0.39, 0.29) is 16.7 Å². The molecule has 3 aromatic carbocycles. The number of alkyl halides is 3. The monoisotopic (exact) mass is 631 g/mol. The number of nitro groups is 1. The second-order valence-electron chi connectivity index (χ2n) is 7.31. The van der Waals surface area contributed by atoms with Crippen LogP contribution in [0.2, 0.25) is 10.0 Å². The van der Waals surface area contributed by atoms with E-state index in [2.05, 4.69) is 26.2 Å². The summed E-state index contributed by atoms with van der Waals surface area (Å²) in [5.41, 5.74) is -1.00. The van der Waals surface area contributed by atoms with Gasteiger partial charge in [0.1, 0.15) is 5.75 Å². The van der Waals surface area contributed by atoms with E-state index in [0.717, 1.165) is 17.8 Å². The molecule has 1 N–H and O–H groups in total. The van der Waals surface area contributed by atoms with Gasteiger partial charge in [0.2, 0.25) is 5.75 Å². The summed E-state index contributed by atoms with van der Waals surface area (Å²) in [5.74, 6) is -0.820. The summed E-state index contributed by atoms with van der Waals surface area (Å²) in [6, 6.07) is 11.3. The summed E-state index contributed by atoms with van der Waals surface area (Å²) in [6.07, 6.45) is -3.20. The van der Waals surface area contributed by atoms with E-state index in [1.54, 1.807) is 24.3 Å². The Morgan fingerprint density at radius 1 is 1.05 bits per heavy atom. The van der Waals surface area contributed by atoms with Gasteiger partial charge in [-0.3, -0.25) is 14.9 Å². The Bertz CT molecular complexity index is 1500. The zero-order valence-electron chi connectivity index (χ0n) is 18.0. The minimum Gasteiger partial charge on any atom is -0.449 e. The summed E-state index contributed by atoms with van der Waals surface area (Å²) in [6.45, 7) is 0. The van der Waals surface area contributed by atoms with Crippen molar-refractivity contribution < 1.29 is 27.6 Å². The minimum absolute atomic E-state index is 0.0188. The van der Waals surface area contributed by atoms with Crippen molar-refractivity contribution in [3.05, 3.63) is 95.3 Å². The molecular weight excluding hydrogens is 622 g/mol. The molecule has 0 aliphatic carbocycles. The maximum Gasteiger partial charge on any atom is 0.416 e. The number of amidine groups is 1. The molecule has 1 aliphatic heterocycles. The summed E-state index contributed by atoms with van der Waals surface area (Å²) in [7, 11) is 0. The highest BCUT2D eigenvalue weighted by Crippen LogP contribution is 2.40. The first-order valence-corrected chi connectivity index (χ1v) is 12.3. The lowest BCUT2D eigenvalue weighted by atomic mass is 10.1. The van der Waals surface area contributed by atoms with Crippen LogP contribution >= 0.6 is 50.9 Å². The van der Waals surface area contributed by atoms with Crippen molar-refractivity contribution in [2.75, 3.05) is 0 Å². The molecule has 1 aliphatic rings. The fourth-order valence-electron chi connectivity index (χ4n) is 3.03. The Morgan fingerprint density at radius 3 is 2.43 bits per heavy atom. The average Bonchev–Trinajstić information content (AvgIpc) is 3.15. The third kappa shape index (κ3) is 6.45. The molecule has 1 saturated heterocycles. The lowest BCUT2D eigenvalue weighted by Crippen LogP contribution is -2.19. The van der Waals surface area contributed by atoms with Crippen LogP contribution in [0.25, 0.3) is 6.08 Å². The van der Waals surface area contributed by atoms with Crippen LogP contribution in [0.1, 0.15) is 11.1 Å². The van der Waals surface area contributed by atoms with Gasteiger partial charge in [0, 0.05) is 10.5 Å². The lowest BCUT2D eigenvalue weighted by Gasteiger charge is -2.11. The predicted octanol–water partition coefficient (Wildman–Crippen LogP) is 8.37. The first-order valence-electron chi connectivity index (χ1n) is 9.98. The number of carbonyl (C=O) groups excluding carboxylic acids is 1. The van der Waals surface area contributed by atoms with Crippen LogP contribution in [0.4, 0.5) is 24.5 Å². The number of rotatable bonds is 5. The third-order valence-corrected chi connectivity index (χ3v) is 7.18. The number of amides is 1. The number of aliphatic imine (C=N–C) groups is 1. The highest BCUT2D eigenvalue weighted by molar-refractivity contribution is 9.10. The standard InChI is InChI=1S/C23H11BrCl2F3N3O4S/c24-14-4-3-13(10-15(14)25)30-22-31-21(33)20(37-22)8-11-1-5-18(16(26)7-11)36-19-6-2-12(23(27,28)29)9-17(19)32(34)35/h1-10H,(H,30,31,33)/b20-8-. The predicted molar refractivity (Wildman–Crippen MR) is 140 cm³/mol. The Hall–Kier alpha value is -3.06. The fourth-order valence-corrected chi connectivity index (χ4v) is 4.53. The van der Waals surface area contributed by atoms with Gasteiger partial charge in [-0.05, 0) is 81.8 Å². The maximum absolute atomic E-state index is 12.9. The van der Waals surface area contributed by atoms with Gasteiger partial charge in [-0.2, -0.15) is 13.2 Å². The SMILES string of the molecule is O=C1NC(=Nc2ccc(Br)c(Cl)c2)S/C1=C\c1ccc(Oc2ccc(C(F)(F)F)cc2[N+](=O)[O-])c(Cl)c1. The van der Waals surface area contributed by atoms with Gasteiger partial charge < -0.3 is 10.1 Å². The first kappa shape index (κ1) is 27.0. The van der Waals surface area contributed by atoms with Crippen molar-refractivity contribution in [3.8, 4) is 11.5 Å². The molecule has 37 heavy (non-hydrogen) atoms. The number of nitrogens with zero attached hydrogens (tertiary/aromatic N) is 2. The first-order chi connectivity index (χ1) is 17.4. The van der Waals surface area contributed by atoms with Crippen molar-refractivity contribution in [1.29, 1.82) is 0 Å². The molecule has 1 heterocycles. The number of nitro benzene ring substituents is 1. The van der Waals surface area contributed by atoms with Gasteiger partial charge in [0.15, 0.2) is 5.17 Å². The van der Waals surface area contributed by atoms with Crippen LogP contribution in [0.5, 0.6) is 11.5 Å². The number of ether oxygens (including phenoxy) is 1. The van der Waals surface area contributed by atoms with E-state index in [1.807, 2.05) is 0 Å². The van der Waals surface area contributed by atoms with Crippen molar-refractivity contribution in [3.63, 3.8) is 0 Å². The highest BCUT2D eigenvalue weighted by atomic mass is 79.9. The summed E-state index contributed by atoms with van der Waals surface area (Å²) >= 11 is 16.7. The zero-order chi connectivity index (χ0) is 26.9. The molecule has 0 atom stereocenters. The van der Waals surface area contributed by atoms with Crippen molar-refractivity contribution in [1.82, 2.24) is 5.32 Å². The van der Waals surface area contributed by atoms with E-state index in [1.165, 1.54) is 18.2 Å². The van der Waals surface area contributed by atoms with Crippen molar-refractivity contribution in [2.24, 2.45) is 4.99 Å². The van der Waals surface area contributed by atoms with Crippen molar-refractivity contribution in [2.45, 2.75) is 6.18 Å². The summed E-state index contributed by atoms with van der Waals surface area (Å²) in [4.78, 5) is 27.4. The number of nitrogens with one attached hydrogen (secondary N) is 1. The van der Waals surface area contributed by atoms with Crippen LogP contribution in [0, 0.1) is 10.1 Å². The van der Waals surface area contributed by atoms with Crippen LogP contribution in [0.15, 0.2) is 69.0 Å². The fraction of sp³-hybridized carbons (Fsp3) is 0.0435. The number of halogens is 6. The molecule has 0 saturated carbocycles. The molecule has 3 aromatic rings. The number of hydrogen-bond donors (Lipinski definition) is 1. The molecule has 0 bridgehead atoms. The normalized spacial score (nSPS) is 15.8. The molecule has 7 nitrogen and oxygen atoms in total. The van der Waals surface area contributed by atoms with E-state index >= 15 is 0 Å². The van der Waals surface area contributed by atoms with Gasteiger partial charge in [0.05, 0.1) is 31.1 Å². The minimum atomic E-state index is -4.75. The summed E-state index contributed by atoms with van der Waals surface area (Å²) < 4.78 is 44.9. The molecule has 1 fully saturated rings. The third-order valence-electron chi connectivity index (χ3n) is 4.74. The van der Waals surface area contributed by atoms with Gasteiger partial charge in [-0.15, -0.1) is 0 Å². The summed E-state index contributed by atoms with van der Waals surface area (Å²) in [5, 5.41) is 14.8. The molecule has 14 heteroatoms. The molecule has 0 unspecified atom stereocenters. The molecular formula is C23H11BrCl2F3N3O4S. The molecule has 4 rings (SSSR count). The van der Waals surface area contributed by atoms with Crippen molar-refractivity contribution >= 4 is 79.4 Å². The average molecular weight is 633 g/mol. The number of thioether (sulfide) groups is 1. The largest absolute Gasteiger partial charge is 0.449 e. The molecule has 0 spiro atoms. The lowest BCUT2D eigenvalue weighted by molar-refractivity contribution is -0.385. The molecule has 0 aromatic heterocycles. The Labute approximate surface area is 229 Å². The van der Waals surface area contributed by atoms with E-state index in [0.29, 0.717) is 43.0 Å². The van der Waals surface area contributed by atoms with E-state index < -0.39 is 28.1 Å². The Balaban J connectivity index is 1.54. The van der Waals surface area contributed by atoms with Gasteiger partial charge >= 0.3 is 11.9 Å². The van der Waals surface area contributed by atoms with E-state index in [4.69, 9.17) is 27.9 Å². The van der Waals surface area contributed by atoms with E-state index in [9.17, 15) is 28.1 Å². The van der Waals surface area contributed by atoms with Crippen LogP contribution in [-0.4, -0.2) is 16.0 Å².